The molecule has 0 saturated carbocycles. The first kappa shape index (κ1) is 21.6. The summed E-state index contributed by atoms with van der Waals surface area (Å²) in [4.78, 5) is 49.9. The number of carbonyl (C=O) groups is 2. The van der Waals surface area contributed by atoms with Crippen molar-refractivity contribution in [1.82, 2.24) is 24.8 Å². The summed E-state index contributed by atoms with van der Waals surface area (Å²) in [7, 11) is 1.63. The highest BCUT2D eigenvalue weighted by molar-refractivity contribution is 5.95. The van der Waals surface area contributed by atoms with E-state index in [1.807, 2.05) is 0 Å². The number of hydrogen-bond donors (Lipinski definition) is 2. The minimum absolute atomic E-state index is 0.0651. The Bertz CT molecular complexity index is 1330. The smallest absolute Gasteiger partial charge is 0.416 e. The highest BCUT2D eigenvalue weighted by Crippen LogP contribution is 2.29. The third kappa shape index (κ3) is 4.32. The monoisotopic (exact) mass is 467 g/mol. The van der Waals surface area contributed by atoms with Crippen molar-refractivity contribution in [2.24, 2.45) is 7.05 Å². The van der Waals surface area contributed by atoms with Crippen LogP contribution in [0.5, 0.6) is 11.6 Å². The van der Waals surface area contributed by atoms with E-state index in [9.17, 15) is 14.4 Å². The van der Waals surface area contributed by atoms with Gasteiger partial charge in [0.25, 0.3) is 11.5 Å². The van der Waals surface area contributed by atoms with Gasteiger partial charge in [0.2, 0.25) is 5.88 Å². The van der Waals surface area contributed by atoms with Gasteiger partial charge in [0, 0.05) is 26.2 Å². The van der Waals surface area contributed by atoms with Gasteiger partial charge in [-0.3, -0.25) is 19.1 Å². The SMILES string of the molecule is Cn1c(=O)ccc2ncc(OCCNCC3CN(c4ccc5c(n4)NC(=O)CO5)C(=O)O3)nc21. The zero-order chi connectivity index (χ0) is 23.7. The summed E-state index contributed by atoms with van der Waals surface area (Å²) in [5.74, 6) is 1.10. The predicted octanol–water partition coefficient (Wildman–Crippen LogP) is 0.0482. The van der Waals surface area contributed by atoms with Crippen LogP contribution in [0.25, 0.3) is 11.2 Å². The molecule has 13 nitrogen and oxygen atoms in total. The number of nitrogens with zero attached hydrogens (tertiary/aromatic N) is 5. The molecule has 2 aliphatic rings. The van der Waals surface area contributed by atoms with Crippen molar-refractivity contribution in [2.45, 2.75) is 6.10 Å². The molecule has 0 radical (unpaired) electrons. The van der Waals surface area contributed by atoms with Crippen molar-refractivity contribution in [3.63, 3.8) is 0 Å². The molecular weight excluding hydrogens is 446 g/mol. The van der Waals surface area contributed by atoms with Crippen LogP contribution in [0.1, 0.15) is 0 Å². The predicted molar refractivity (Wildman–Crippen MR) is 119 cm³/mol. The van der Waals surface area contributed by atoms with Crippen LogP contribution < -0.4 is 30.6 Å². The summed E-state index contributed by atoms with van der Waals surface area (Å²) >= 11 is 0. The van der Waals surface area contributed by atoms with Gasteiger partial charge in [0.1, 0.15) is 24.0 Å². The van der Waals surface area contributed by atoms with Gasteiger partial charge in [-0.2, -0.15) is 4.98 Å². The Hall–Kier alpha value is -4.26. The Labute approximate surface area is 192 Å². The third-order valence-corrected chi connectivity index (χ3v) is 5.30. The van der Waals surface area contributed by atoms with Crippen molar-refractivity contribution in [2.75, 3.05) is 43.1 Å². The molecule has 0 aliphatic carbocycles. The number of aromatic nitrogens is 4. The molecule has 2 amide bonds. The number of rotatable bonds is 7. The highest BCUT2D eigenvalue weighted by atomic mass is 16.6. The summed E-state index contributed by atoms with van der Waals surface area (Å²) in [5, 5.41) is 5.79. The summed E-state index contributed by atoms with van der Waals surface area (Å²) in [6.45, 7) is 1.43. The molecule has 13 heteroatoms. The van der Waals surface area contributed by atoms with Crippen molar-refractivity contribution in [1.29, 1.82) is 0 Å². The van der Waals surface area contributed by atoms with Crippen LogP contribution in [-0.4, -0.2) is 70.5 Å². The van der Waals surface area contributed by atoms with E-state index in [0.29, 0.717) is 54.9 Å². The van der Waals surface area contributed by atoms with Crippen molar-refractivity contribution < 1.29 is 23.8 Å². The standard InChI is InChI=1S/C21H21N7O6/c1-27-18(30)5-2-13-20(27)26-17(9-23-13)32-7-6-22-8-12-10-28(21(31)34-12)15-4-3-14-19(24-15)25-16(29)11-33-14/h2-5,9,12,22H,6-8,10-11H2,1H3,(H,24,25,29). The van der Waals surface area contributed by atoms with E-state index in [1.54, 1.807) is 25.2 Å². The van der Waals surface area contributed by atoms with E-state index in [2.05, 4.69) is 25.6 Å². The van der Waals surface area contributed by atoms with Crippen molar-refractivity contribution in [3.8, 4) is 11.6 Å². The molecule has 1 saturated heterocycles. The largest absolute Gasteiger partial charge is 0.480 e. The van der Waals surface area contributed by atoms with Crippen LogP contribution >= 0.6 is 0 Å². The number of pyridine rings is 2. The van der Waals surface area contributed by atoms with Crippen LogP contribution in [0.4, 0.5) is 16.4 Å². The lowest BCUT2D eigenvalue weighted by Gasteiger charge is -2.19. The maximum Gasteiger partial charge on any atom is 0.416 e. The number of cyclic esters (lactones) is 1. The maximum absolute atomic E-state index is 12.3. The van der Waals surface area contributed by atoms with Gasteiger partial charge in [-0.25, -0.2) is 14.8 Å². The van der Waals surface area contributed by atoms with E-state index >= 15 is 0 Å². The first-order valence-corrected chi connectivity index (χ1v) is 10.6. The molecule has 1 unspecified atom stereocenters. The van der Waals surface area contributed by atoms with E-state index < -0.39 is 6.09 Å². The zero-order valence-corrected chi connectivity index (χ0v) is 18.2. The van der Waals surface area contributed by atoms with E-state index in [1.165, 1.54) is 21.7 Å². The lowest BCUT2D eigenvalue weighted by molar-refractivity contribution is -0.118. The summed E-state index contributed by atoms with van der Waals surface area (Å²) in [5.41, 5.74) is 0.866. The highest BCUT2D eigenvalue weighted by Gasteiger charge is 2.33. The van der Waals surface area contributed by atoms with Gasteiger partial charge in [0.05, 0.1) is 12.7 Å². The fourth-order valence-corrected chi connectivity index (χ4v) is 3.58. The number of amides is 2. The Kier molecular flexibility index (Phi) is 5.67. The first-order valence-electron chi connectivity index (χ1n) is 10.6. The molecule has 34 heavy (non-hydrogen) atoms. The van der Waals surface area contributed by atoms with Gasteiger partial charge in [-0.15, -0.1) is 0 Å². The van der Waals surface area contributed by atoms with Crippen molar-refractivity contribution >= 4 is 34.8 Å². The average molecular weight is 467 g/mol. The third-order valence-electron chi connectivity index (χ3n) is 5.30. The molecule has 3 aromatic heterocycles. The summed E-state index contributed by atoms with van der Waals surface area (Å²) in [6.07, 6.45) is 0.601. The van der Waals surface area contributed by atoms with Gasteiger partial charge in [-0.1, -0.05) is 0 Å². The molecule has 1 atom stereocenters. The molecule has 2 aliphatic heterocycles. The van der Waals surface area contributed by atoms with Crippen LogP contribution in [0, 0.1) is 0 Å². The molecule has 2 N–H and O–H groups in total. The maximum atomic E-state index is 12.3. The first-order chi connectivity index (χ1) is 16.5. The van der Waals surface area contributed by atoms with Crippen LogP contribution in [0.2, 0.25) is 0 Å². The molecule has 3 aromatic rings. The molecule has 0 spiro atoms. The Balaban J connectivity index is 1.11. The quantitative estimate of drug-likeness (QED) is 0.456. The molecule has 5 heterocycles. The van der Waals surface area contributed by atoms with E-state index in [4.69, 9.17) is 14.2 Å². The lowest BCUT2D eigenvalue weighted by atomic mass is 10.3. The van der Waals surface area contributed by atoms with Gasteiger partial charge >= 0.3 is 6.09 Å². The van der Waals surface area contributed by atoms with Gasteiger partial charge < -0.3 is 24.8 Å². The normalized spacial score (nSPS) is 17.2. The Morgan fingerprint density at radius 1 is 1.21 bits per heavy atom. The number of carbonyl (C=O) groups excluding carboxylic acids is 2. The summed E-state index contributed by atoms with van der Waals surface area (Å²) in [6, 6.07) is 6.35. The zero-order valence-electron chi connectivity index (χ0n) is 18.2. The molecule has 0 bridgehead atoms. The molecule has 176 valence electrons. The van der Waals surface area contributed by atoms with Gasteiger partial charge in [0.15, 0.2) is 23.8 Å². The number of nitrogens with one attached hydrogen (secondary N) is 2. The lowest BCUT2D eigenvalue weighted by Crippen LogP contribution is -2.33. The number of anilines is 2. The Morgan fingerprint density at radius 3 is 2.97 bits per heavy atom. The van der Waals surface area contributed by atoms with Crippen LogP contribution in [-0.2, 0) is 16.6 Å². The molecule has 5 rings (SSSR count). The second kappa shape index (κ2) is 8.94. The van der Waals surface area contributed by atoms with E-state index in [0.717, 1.165) is 0 Å². The minimum Gasteiger partial charge on any atom is -0.480 e. The Morgan fingerprint density at radius 2 is 2.09 bits per heavy atom. The second-order valence-electron chi connectivity index (χ2n) is 7.67. The van der Waals surface area contributed by atoms with E-state index in [-0.39, 0.29) is 30.0 Å². The topological polar surface area (TPSA) is 150 Å². The number of fused-ring (bicyclic) bond motifs is 2. The second-order valence-corrected chi connectivity index (χ2v) is 7.67. The molecule has 0 aromatic carbocycles. The fraction of sp³-hybridized carbons (Fsp3) is 0.333. The number of aryl methyl sites for hydroxylation is 1. The van der Waals surface area contributed by atoms with Crippen molar-refractivity contribution in [3.05, 3.63) is 40.8 Å². The number of hydrogen-bond acceptors (Lipinski definition) is 10. The molecule has 1 fully saturated rings. The van der Waals surface area contributed by atoms with Crippen LogP contribution in [0.3, 0.4) is 0 Å². The fourth-order valence-electron chi connectivity index (χ4n) is 3.58. The molecular formula is C21H21N7O6. The minimum atomic E-state index is -0.518. The van der Waals surface area contributed by atoms with Crippen LogP contribution in [0.15, 0.2) is 35.3 Å². The van der Waals surface area contributed by atoms with Gasteiger partial charge in [-0.05, 0) is 18.2 Å². The average Bonchev–Trinajstić information content (AvgIpc) is 3.21. The number of ether oxygens (including phenoxy) is 3. The summed E-state index contributed by atoms with van der Waals surface area (Å²) < 4.78 is 17.7.